The smallest absolute Gasteiger partial charge is 0.170 e. The van der Waals surface area contributed by atoms with Gasteiger partial charge in [0.25, 0.3) is 0 Å². The molecule has 0 saturated carbocycles. The number of thioether (sulfide) groups is 1. The number of hydrogen-bond acceptors (Lipinski definition) is 6. The topological polar surface area (TPSA) is 75.6 Å². The van der Waals surface area contributed by atoms with E-state index in [0.717, 1.165) is 15.9 Å². The van der Waals surface area contributed by atoms with Gasteiger partial charge in [-0.15, -0.1) is 0 Å². The number of aryl methyl sites for hydroxylation is 1. The van der Waals surface area contributed by atoms with E-state index in [1.807, 2.05) is 13.0 Å². The maximum absolute atomic E-state index is 8.43. The molecule has 0 saturated heterocycles. The Bertz CT molecular complexity index is 304. The van der Waals surface area contributed by atoms with Gasteiger partial charge in [-0.1, -0.05) is 11.8 Å². The predicted molar refractivity (Wildman–Crippen MR) is 53.6 cm³/mol. The molecule has 4 nitrogen and oxygen atoms in total. The van der Waals surface area contributed by atoms with Crippen LogP contribution in [0.2, 0.25) is 0 Å². The minimum atomic E-state index is -0.360. The highest BCUT2D eigenvalue weighted by atomic mass is 32.2. The Morgan fingerprint density at radius 3 is 3.08 bits per heavy atom. The Morgan fingerprint density at radius 1 is 1.77 bits per heavy atom. The van der Waals surface area contributed by atoms with E-state index < -0.39 is 0 Å². The molecule has 1 aromatic rings. The Balaban J connectivity index is 2.25. The summed E-state index contributed by atoms with van der Waals surface area (Å²) >= 11 is 2.99. The third kappa shape index (κ3) is 3.72. The highest BCUT2D eigenvalue weighted by Crippen LogP contribution is 2.20. The molecule has 0 aliphatic carbocycles. The van der Waals surface area contributed by atoms with Gasteiger partial charge >= 0.3 is 0 Å². The van der Waals surface area contributed by atoms with E-state index in [4.69, 9.17) is 11.0 Å². The molecular weight excluding hydrogens is 204 g/mol. The molecule has 1 aromatic heterocycles. The van der Waals surface area contributed by atoms with Gasteiger partial charge in [-0.2, -0.15) is 9.64 Å². The Labute approximate surface area is 85.3 Å². The van der Waals surface area contributed by atoms with Gasteiger partial charge in [-0.3, -0.25) is 0 Å². The van der Waals surface area contributed by atoms with Crippen LogP contribution in [0.15, 0.2) is 4.34 Å². The van der Waals surface area contributed by atoms with Crippen LogP contribution in [-0.4, -0.2) is 21.2 Å². The van der Waals surface area contributed by atoms with Crippen LogP contribution in [0.3, 0.4) is 0 Å². The van der Waals surface area contributed by atoms with Crippen molar-refractivity contribution in [3.05, 3.63) is 5.82 Å². The minimum absolute atomic E-state index is 0.360. The molecular formula is C7H10N4S2. The summed E-state index contributed by atoms with van der Waals surface area (Å²) in [6, 6.07) is 1.63. The van der Waals surface area contributed by atoms with Crippen LogP contribution in [0.25, 0.3) is 0 Å². The van der Waals surface area contributed by atoms with Crippen LogP contribution in [0.5, 0.6) is 0 Å². The first-order chi connectivity index (χ1) is 6.22. The molecule has 0 amide bonds. The maximum Gasteiger partial charge on any atom is 0.170 e. The first-order valence-corrected chi connectivity index (χ1v) is 5.56. The lowest BCUT2D eigenvalue weighted by Gasteiger charge is -1.98. The van der Waals surface area contributed by atoms with Gasteiger partial charge in [0.15, 0.2) is 4.34 Å². The van der Waals surface area contributed by atoms with E-state index in [-0.39, 0.29) is 6.04 Å². The van der Waals surface area contributed by atoms with Crippen molar-refractivity contribution in [2.75, 3.05) is 5.75 Å². The Kier molecular flexibility index (Phi) is 4.15. The zero-order chi connectivity index (χ0) is 9.68. The number of aromatic nitrogens is 2. The quantitative estimate of drug-likeness (QED) is 0.762. The molecule has 0 aliphatic rings. The lowest BCUT2D eigenvalue weighted by molar-refractivity contribution is 0.803. The van der Waals surface area contributed by atoms with Crippen molar-refractivity contribution in [3.8, 4) is 6.07 Å². The molecule has 1 unspecified atom stereocenters. The second-order valence-corrected chi connectivity index (χ2v) is 4.57. The fraction of sp³-hybridized carbons (Fsp3) is 0.571. The summed E-state index contributed by atoms with van der Waals surface area (Å²) in [4.78, 5) is 4.18. The highest BCUT2D eigenvalue weighted by molar-refractivity contribution is 8.00. The largest absolute Gasteiger partial charge is 0.316 e. The lowest BCUT2D eigenvalue weighted by Crippen LogP contribution is -2.17. The summed E-state index contributed by atoms with van der Waals surface area (Å²) in [5.74, 6) is 1.63. The average molecular weight is 214 g/mol. The molecule has 1 atom stereocenters. The number of rotatable bonds is 4. The van der Waals surface area contributed by atoms with Crippen LogP contribution in [0.1, 0.15) is 12.2 Å². The molecule has 6 heteroatoms. The normalized spacial score (nSPS) is 12.4. The second kappa shape index (κ2) is 5.17. The van der Waals surface area contributed by atoms with E-state index in [1.54, 1.807) is 11.8 Å². The zero-order valence-electron chi connectivity index (χ0n) is 7.23. The summed E-state index contributed by atoms with van der Waals surface area (Å²) in [5, 5.41) is 8.43. The van der Waals surface area contributed by atoms with Gasteiger partial charge in [0.1, 0.15) is 5.82 Å². The van der Waals surface area contributed by atoms with Gasteiger partial charge in [0.2, 0.25) is 0 Å². The molecule has 0 spiro atoms. The van der Waals surface area contributed by atoms with Crippen LogP contribution in [0, 0.1) is 18.3 Å². The van der Waals surface area contributed by atoms with E-state index in [2.05, 4.69) is 9.36 Å². The SMILES string of the molecule is Cc1nsc(SCCC(N)C#N)n1. The predicted octanol–water partition coefficient (Wildman–Crippen LogP) is 1.18. The minimum Gasteiger partial charge on any atom is -0.316 e. The highest BCUT2D eigenvalue weighted by Gasteiger charge is 2.03. The molecule has 0 fully saturated rings. The van der Waals surface area contributed by atoms with Crippen molar-refractivity contribution >= 4 is 23.3 Å². The monoisotopic (exact) mass is 214 g/mol. The third-order valence-corrected chi connectivity index (χ3v) is 3.29. The fourth-order valence-corrected chi connectivity index (χ4v) is 2.41. The summed E-state index contributed by atoms with van der Waals surface area (Å²) in [7, 11) is 0. The molecule has 0 aliphatic heterocycles. The molecule has 1 rings (SSSR count). The Hall–Kier alpha value is -0.640. The van der Waals surface area contributed by atoms with Crippen LogP contribution < -0.4 is 5.73 Å². The van der Waals surface area contributed by atoms with E-state index in [0.29, 0.717) is 6.42 Å². The first-order valence-electron chi connectivity index (χ1n) is 3.80. The third-order valence-electron chi connectivity index (χ3n) is 1.33. The first kappa shape index (κ1) is 10.4. The molecule has 0 radical (unpaired) electrons. The molecule has 1 heterocycles. The van der Waals surface area contributed by atoms with Crippen molar-refractivity contribution in [1.29, 1.82) is 5.26 Å². The molecule has 0 bridgehead atoms. The number of nitrogens with two attached hydrogens (primary N) is 1. The maximum atomic E-state index is 8.43. The number of hydrogen-bond donors (Lipinski definition) is 1. The zero-order valence-corrected chi connectivity index (χ0v) is 8.86. The number of nitrogens with zero attached hydrogens (tertiary/aromatic N) is 3. The second-order valence-electron chi connectivity index (χ2n) is 2.48. The van der Waals surface area contributed by atoms with Gasteiger partial charge < -0.3 is 5.73 Å². The van der Waals surface area contributed by atoms with Crippen molar-refractivity contribution in [2.45, 2.75) is 23.7 Å². The summed E-state index contributed by atoms with van der Waals surface area (Å²) in [5.41, 5.74) is 5.44. The van der Waals surface area contributed by atoms with Crippen LogP contribution >= 0.6 is 23.3 Å². The Morgan fingerprint density at radius 2 is 2.54 bits per heavy atom. The molecule has 0 aromatic carbocycles. The van der Waals surface area contributed by atoms with Gasteiger partial charge in [0.05, 0.1) is 12.1 Å². The van der Waals surface area contributed by atoms with E-state index >= 15 is 0 Å². The summed E-state index contributed by atoms with van der Waals surface area (Å²) in [6.45, 7) is 1.86. The van der Waals surface area contributed by atoms with Crippen molar-refractivity contribution in [2.24, 2.45) is 5.73 Å². The molecule has 13 heavy (non-hydrogen) atoms. The van der Waals surface area contributed by atoms with Gasteiger partial charge in [-0.25, -0.2) is 4.98 Å². The van der Waals surface area contributed by atoms with E-state index in [9.17, 15) is 0 Å². The van der Waals surface area contributed by atoms with Crippen molar-refractivity contribution in [3.63, 3.8) is 0 Å². The van der Waals surface area contributed by atoms with Gasteiger partial charge in [-0.05, 0) is 24.9 Å². The summed E-state index contributed by atoms with van der Waals surface area (Å²) < 4.78 is 4.99. The lowest BCUT2D eigenvalue weighted by atomic mass is 10.3. The van der Waals surface area contributed by atoms with E-state index in [1.165, 1.54) is 11.5 Å². The number of nitriles is 1. The van der Waals surface area contributed by atoms with Crippen molar-refractivity contribution in [1.82, 2.24) is 9.36 Å². The van der Waals surface area contributed by atoms with Gasteiger partial charge in [0, 0.05) is 5.75 Å². The fourth-order valence-electron chi connectivity index (χ4n) is 0.674. The van der Waals surface area contributed by atoms with Crippen LogP contribution in [-0.2, 0) is 0 Å². The van der Waals surface area contributed by atoms with Crippen LogP contribution in [0.4, 0.5) is 0 Å². The summed E-state index contributed by atoms with van der Waals surface area (Å²) in [6.07, 6.45) is 0.694. The standard InChI is InChI=1S/C7H10N4S2/c1-5-10-7(13-11-5)12-3-2-6(9)4-8/h6H,2-3,9H2,1H3. The molecule has 2 N–H and O–H groups in total. The molecule has 70 valence electrons. The average Bonchev–Trinajstić information content (AvgIpc) is 2.51. The van der Waals surface area contributed by atoms with Crippen molar-refractivity contribution < 1.29 is 0 Å².